The summed E-state index contributed by atoms with van der Waals surface area (Å²) in [5.41, 5.74) is 0.909. The van der Waals surface area contributed by atoms with Crippen molar-refractivity contribution >= 4 is 40.8 Å². The Bertz CT molecular complexity index is 541. The van der Waals surface area contributed by atoms with Crippen molar-refractivity contribution in [3.05, 3.63) is 11.8 Å². The normalized spacial score (nSPS) is 14.1. The van der Waals surface area contributed by atoms with Crippen LogP contribution in [0.25, 0.3) is 0 Å². The van der Waals surface area contributed by atoms with Gasteiger partial charge in [-0.1, -0.05) is 0 Å². The van der Waals surface area contributed by atoms with Gasteiger partial charge in [0.2, 0.25) is 11.8 Å². The van der Waals surface area contributed by atoms with E-state index in [2.05, 4.69) is 5.10 Å². The monoisotopic (exact) mass is 345 g/mol. The molecule has 1 amide bonds. The molecule has 1 heterocycles. The fraction of sp³-hybridized carbons (Fsp3) is 0.667. The molecule has 0 saturated heterocycles. The summed E-state index contributed by atoms with van der Waals surface area (Å²) in [5.74, 6) is 1.72. The number of hydrogen-bond donors (Lipinski definition) is 0. The zero-order valence-electron chi connectivity index (χ0n) is 12.7. The highest BCUT2D eigenvalue weighted by molar-refractivity contribution is 6.18. The molecule has 0 N–H and O–H groups in total. The van der Waals surface area contributed by atoms with E-state index in [1.807, 2.05) is 6.07 Å². The maximum Gasteiger partial charge on any atom is 0.247 e. The molecule has 0 spiro atoms. The Kier molecular flexibility index (Phi) is 6.26. The van der Waals surface area contributed by atoms with Gasteiger partial charge >= 0.3 is 0 Å². The summed E-state index contributed by atoms with van der Waals surface area (Å²) < 4.78 is 1.46. The molecule has 7 heteroatoms. The lowest BCUT2D eigenvalue weighted by Gasteiger charge is -2.13. The van der Waals surface area contributed by atoms with Crippen LogP contribution in [0.3, 0.4) is 0 Å². The third kappa shape index (κ3) is 4.23. The number of aromatic nitrogens is 2. The van der Waals surface area contributed by atoms with E-state index in [0.29, 0.717) is 49.2 Å². The van der Waals surface area contributed by atoms with Gasteiger partial charge in [0.1, 0.15) is 0 Å². The van der Waals surface area contributed by atoms with Crippen molar-refractivity contribution in [1.82, 2.24) is 9.78 Å². The van der Waals surface area contributed by atoms with Gasteiger partial charge in [0.05, 0.1) is 5.69 Å². The summed E-state index contributed by atoms with van der Waals surface area (Å²) in [7, 11) is 1.68. The zero-order chi connectivity index (χ0) is 16.1. The molecule has 1 fully saturated rings. The van der Waals surface area contributed by atoms with Crippen LogP contribution in [0.4, 0.5) is 5.82 Å². The maximum absolute atomic E-state index is 12.3. The molecule has 0 bridgehead atoms. The number of hydrogen-bond acceptors (Lipinski definition) is 3. The fourth-order valence-electron chi connectivity index (χ4n) is 2.25. The summed E-state index contributed by atoms with van der Waals surface area (Å²) in [6.45, 7) is 0. The van der Waals surface area contributed by atoms with Crippen molar-refractivity contribution in [3.8, 4) is 0 Å². The lowest BCUT2D eigenvalue weighted by atomic mass is 10.2. The Labute approximate surface area is 140 Å². The number of amides is 1. The molecule has 0 unspecified atom stereocenters. The summed E-state index contributed by atoms with van der Waals surface area (Å²) in [4.78, 5) is 25.8. The second kappa shape index (κ2) is 7.97. The molecule has 1 aromatic rings. The highest BCUT2D eigenvalue weighted by Crippen LogP contribution is 2.41. The minimum Gasteiger partial charge on any atom is -0.298 e. The van der Waals surface area contributed by atoms with Crippen molar-refractivity contribution in [3.63, 3.8) is 0 Å². The number of rotatable bonds is 8. The van der Waals surface area contributed by atoms with Gasteiger partial charge < -0.3 is 0 Å². The first-order valence-electron chi connectivity index (χ1n) is 7.60. The quantitative estimate of drug-likeness (QED) is 0.678. The Hall–Kier alpha value is -1.07. The molecular weight excluding hydrogens is 325 g/mol. The van der Waals surface area contributed by atoms with E-state index in [-0.39, 0.29) is 11.8 Å². The Morgan fingerprint density at radius 2 is 1.91 bits per heavy atom. The topological polar surface area (TPSA) is 55.2 Å². The Morgan fingerprint density at radius 1 is 1.27 bits per heavy atom. The van der Waals surface area contributed by atoms with Crippen LogP contribution in [0.5, 0.6) is 0 Å². The molecular formula is C15H21Cl2N3O2. The van der Waals surface area contributed by atoms with E-state index in [1.54, 1.807) is 7.05 Å². The van der Waals surface area contributed by atoms with Gasteiger partial charge in [-0.3, -0.25) is 14.5 Å². The SMILES string of the molecule is CN(C(=O)CCCCl)c1cc(C2CC2)n(C(=O)CCCCl)n1. The summed E-state index contributed by atoms with van der Waals surface area (Å²) in [6.07, 6.45) is 4.15. The van der Waals surface area contributed by atoms with E-state index in [9.17, 15) is 9.59 Å². The number of alkyl halides is 2. The van der Waals surface area contributed by atoms with Crippen molar-refractivity contribution in [2.75, 3.05) is 23.7 Å². The van der Waals surface area contributed by atoms with E-state index in [0.717, 1.165) is 18.5 Å². The van der Waals surface area contributed by atoms with E-state index < -0.39 is 0 Å². The first kappa shape index (κ1) is 17.3. The molecule has 1 saturated carbocycles. The van der Waals surface area contributed by atoms with Gasteiger partial charge in [-0.2, -0.15) is 0 Å². The fourth-order valence-corrected chi connectivity index (χ4v) is 2.52. The highest BCUT2D eigenvalue weighted by Gasteiger charge is 2.31. The van der Waals surface area contributed by atoms with Gasteiger partial charge in [0.15, 0.2) is 5.82 Å². The summed E-state index contributed by atoms with van der Waals surface area (Å²) in [6, 6.07) is 1.86. The van der Waals surface area contributed by atoms with Gasteiger partial charge in [-0.25, -0.2) is 4.68 Å². The molecule has 2 rings (SSSR count). The predicted molar refractivity (Wildman–Crippen MR) is 88.1 cm³/mol. The maximum atomic E-state index is 12.3. The number of nitrogens with zero attached hydrogens (tertiary/aromatic N) is 3. The molecule has 0 aromatic carbocycles. The minimum absolute atomic E-state index is 0.0409. The lowest BCUT2D eigenvalue weighted by molar-refractivity contribution is -0.118. The largest absolute Gasteiger partial charge is 0.298 e. The van der Waals surface area contributed by atoms with Crippen LogP contribution in [0.15, 0.2) is 6.07 Å². The van der Waals surface area contributed by atoms with Crippen molar-refractivity contribution in [2.45, 2.75) is 44.4 Å². The average Bonchev–Trinajstić information content (AvgIpc) is 3.28. The predicted octanol–water partition coefficient (Wildman–Crippen LogP) is 3.40. The molecule has 0 atom stereocenters. The van der Waals surface area contributed by atoms with Crippen LogP contribution >= 0.6 is 23.2 Å². The van der Waals surface area contributed by atoms with Gasteiger partial charge in [-0.05, 0) is 25.7 Å². The lowest BCUT2D eigenvalue weighted by Crippen LogP contribution is -2.26. The van der Waals surface area contributed by atoms with Crippen LogP contribution in [0, 0.1) is 0 Å². The molecule has 1 aliphatic carbocycles. The van der Waals surface area contributed by atoms with E-state index >= 15 is 0 Å². The van der Waals surface area contributed by atoms with Crippen molar-refractivity contribution in [1.29, 1.82) is 0 Å². The summed E-state index contributed by atoms with van der Waals surface area (Å²) in [5, 5.41) is 4.35. The average molecular weight is 346 g/mol. The van der Waals surface area contributed by atoms with Crippen LogP contribution in [-0.4, -0.2) is 40.4 Å². The van der Waals surface area contributed by atoms with Crippen molar-refractivity contribution in [2.24, 2.45) is 0 Å². The standard InChI is InChI=1S/C15H21Cl2N3O2/c1-19(14(21)4-2-8-16)13-10-12(11-6-7-11)20(18-13)15(22)5-3-9-17/h10-11H,2-9H2,1H3. The minimum atomic E-state index is -0.0598. The van der Waals surface area contributed by atoms with E-state index in [4.69, 9.17) is 23.2 Å². The Balaban J connectivity index is 2.15. The molecule has 1 aliphatic rings. The first-order chi connectivity index (χ1) is 10.6. The van der Waals surface area contributed by atoms with Gasteiger partial charge in [0, 0.05) is 43.6 Å². The van der Waals surface area contributed by atoms with Gasteiger partial charge in [0.25, 0.3) is 0 Å². The molecule has 5 nitrogen and oxygen atoms in total. The number of halogens is 2. The Morgan fingerprint density at radius 3 is 2.50 bits per heavy atom. The third-order valence-corrected chi connectivity index (χ3v) is 4.26. The van der Waals surface area contributed by atoms with Crippen LogP contribution in [-0.2, 0) is 4.79 Å². The number of carbonyl (C=O) groups excluding carboxylic acids is 2. The smallest absolute Gasteiger partial charge is 0.247 e. The zero-order valence-corrected chi connectivity index (χ0v) is 14.2. The summed E-state index contributed by atoms with van der Waals surface area (Å²) >= 11 is 11.3. The number of anilines is 1. The van der Waals surface area contributed by atoms with Crippen LogP contribution < -0.4 is 4.90 Å². The molecule has 1 aromatic heterocycles. The molecule has 0 radical (unpaired) electrons. The molecule has 122 valence electrons. The number of carbonyl (C=O) groups is 2. The van der Waals surface area contributed by atoms with Crippen LogP contribution in [0.2, 0.25) is 0 Å². The van der Waals surface area contributed by atoms with Crippen molar-refractivity contribution < 1.29 is 9.59 Å². The third-order valence-electron chi connectivity index (χ3n) is 3.72. The molecule has 0 aliphatic heterocycles. The molecule has 22 heavy (non-hydrogen) atoms. The second-order valence-electron chi connectivity index (χ2n) is 5.55. The highest BCUT2D eigenvalue weighted by atomic mass is 35.5. The van der Waals surface area contributed by atoms with Gasteiger partial charge in [-0.15, -0.1) is 28.3 Å². The second-order valence-corrected chi connectivity index (χ2v) is 6.30. The van der Waals surface area contributed by atoms with Crippen LogP contribution in [0.1, 0.15) is 54.9 Å². The first-order valence-corrected chi connectivity index (χ1v) is 8.67. The van der Waals surface area contributed by atoms with E-state index in [1.165, 1.54) is 9.58 Å².